The van der Waals surface area contributed by atoms with Gasteiger partial charge in [-0.1, -0.05) is 55.0 Å². The van der Waals surface area contributed by atoms with Crippen molar-refractivity contribution < 1.29 is 4.74 Å². The van der Waals surface area contributed by atoms with Crippen molar-refractivity contribution in [1.29, 1.82) is 0 Å². The van der Waals surface area contributed by atoms with Gasteiger partial charge in [-0.3, -0.25) is 0 Å². The van der Waals surface area contributed by atoms with E-state index in [-0.39, 0.29) is 12.4 Å². The van der Waals surface area contributed by atoms with Crippen molar-refractivity contribution in [1.82, 2.24) is 4.90 Å². The van der Waals surface area contributed by atoms with Gasteiger partial charge in [0.05, 0.1) is 6.61 Å². The Morgan fingerprint density at radius 1 is 0.800 bits per heavy atom. The molecule has 0 aliphatic carbocycles. The predicted octanol–water partition coefficient (Wildman–Crippen LogP) is 5.34. The molecule has 3 rings (SSSR count). The number of hydrogen-bond acceptors (Lipinski definition) is 2. The highest BCUT2D eigenvalue weighted by Gasteiger charge is 2.09. The molecule has 2 aromatic rings. The third-order valence-electron chi connectivity index (χ3n) is 4.78. The van der Waals surface area contributed by atoms with Crippen LogP contribution in [-0.2, 0) is 6.42 Å². The van der Waals surface area contributed by atoms with E-state index in [2.05, 4.69) is 59.5 Å². The molecule has 0 unspecified atom stereocenters. The van der Waals surface area contributed by atoms with E-state index in [9.17, 15) is 0 Å². The number of para-hydroxylation sites is 1. The Labute approximate surface area is 158 Å². The molecule has 0 aromatic heterocycles. The lowest BCUT2D eigenvalue weighted by Crippen LogP contribution is -2.30. The summed E-state index contributed by atoms with van der Waals surface area (Å²) in [5.74, 6) is 1.04. The van der Waals surface area contributed by atoms with Crippen LogP contribution in [0.1, 0.15) is 43.2 Å². The van der Waals surface area contributed by atoms with Gasteiger partial charge in [0.1, 0.15) is 5.75 Å². The number of rotatable bonds is 8. The fourth-order valence-electron chi connectivity index (χ4n) is 3.41. The average molecular weight is 360 g/mol. The molecule has 2 nitrogen and oxygen atoms in total. The van der Waals surface area contributed by atoms with Crippen LogP contribution in [0, 0.1) is 0 Å². The maximum Gasteiger partial charge on any atom is 0.122 e. The lowest BCUT2D eigenvalue weighted by atomic mass is 10.0. The van der Waals surface area contributed by atoms with Gasteiger partial charge in [0.25, 0.3) is 0 Å². The molecule has 0 bridgehead atoms. The van der Waals surface area contributed by atoms with E-state index < -0.39 is 0 Å². The number of hydrogen-bond donors (Lipinski definition) is 0. The van der Waals surface area contributed by atoms with Crippen LogP contribution in [0.4, 0.5) is 0 Å². The monoisotopic (exact) mass is 359 g/mol. The summed E-state index contributed by atoms with van der Waals surface area (Å²) in [5, 5.41) is 0. The Kier molecular flexibility index (Phi) is 8.85. The quantitative estimate of drug-likeness (QED) is 0.589. The van der Waals surface area contributed by atoms with Crippen molar-refractivity contribution in [2.75, 3.05) is 26.2 Å². The van der Waals surface area contributed by atoms with Crippen molar-refractivity contribution >= 4 is 12.4 Å². The van der Waals surface area contributed by atoms with Gasteiger partial charge in [0, 0.05) is 6.42 Å². The summed E-state index contributed by atoms with van der Waals surface area (Å²) in [7, 11) is 0. The molecule has 25 heavy (non-hydrogen) atoms. The summed E-state index contributed by atoms with van der Waals surface area (Å²) in [5.41, 5.74) is 2.61. The molecule has 0 amide bonds. The standard InChI is InChI=1S/C22H29NO.ClH/c1-3-11-20(12-4-1)19-21-13-5-6-14-22(21)24-18-10-9-17-23-15-7-2-8-16-23;/h1,3-6,11-14H,2,7-10,15-19H2;1H. The third-order valence-corrected chi connectivity index (χ3v) is 4.78. The van der Waals surface area contributed by atoms with Crippen LogP contribution in [0.5, 0.6) is 5.75 Å². The number of benzene rings is 2. The average Bonchev–Trinajstić information content (AvgIpc) is 2.64. The molecule has 0 saturated carbocycles. The zero-order valence-electron chi connectivity index (χ0n) is 15.0. The van der Waals surface area contributed by atoms with E-state index >= 15 is 0 Å². The van der Waals surface area contributed by atoms with Crippen LogP contribution in [0.3, 0.4) is 0 Å². The summed E-state index contributed by atoms with van der Waals surface area (Å²) >= 11 is 0. The maximum atomic E-state index is 6.08. The van der Waals surface area contributed by atoms with E-state index in [4.69, 9.17) is 4.74 Å². The number of unbranched alkanes of at least 4 members (excludes halogenated alkanes) is 1. The van der Waals surface area contributed by atoms with Gasteiger partial charge in [-0.15, -0.1) is 12.4 Å². The fraction of sp³-hybridized carbons (Fsp3) is 0.455. The molecular weight excluding hydrogens is 330 g/mol. The van der Waals surface area contributed by atoms with Crippen LogP contribution in [0.2, 0.25) is 0 Å². The Morgan fingerprint density at radius 3 is 2.32 bits per heavy atom. The van der Waals surface area contributed by atoms with Gasteiger partial charge < -0.3 is 9.64 Å². The van der Waals surface area contributed by atoms with Crippen LogP contribution >= 0.6 is 12.4 Å². The second kappa shape index (κ2) is 11.2. The van der Waals surface area contributed by atoms with E-state index in [1.807, 2.05) is 0 Å². The van der Waals surface area contributed by atoms with Crippen LogP contribution < -0.4 is 4.74 Å². The van der Waals surface area contributed by atoms with Gasteiger partial charge in [0.15, 0.2) is 0 Å². The fourth-order valence-corrected chi connectivity index (χ4v) is 3.41. The highest BCUT2D eigenvalue weighted by Crippen LogP contribution is 2.21. The van der Waals surface area contributed by atoms with Gasteiger partial charge in [0.2, 0.25) is 0 Å². The van der Waals surface area contributed by atoms with Crippen molar-refractivity contribution in [3.8, 4) is 5.75 Å². The highest BCUT2D eigenvalue weighted by atomic mass is 35.5. The molecule has 1 aliphatic rings. The van der Waals surface area contributed by atoms with Gasteiger partial charge in [-0.05, 0) is 62.5 Å². The molecule has 1 saturated heterocycles. The first-order valence-electron chi connectivity index (χ1n) is 9.39. The minimum Gasteiger partial charge on any atom is -0.493 e. The molecular formula is C22H30ClNO. The molecule has 0 spiro atoms. The first kappa shape index (κ1) is 19.8. The normalized spacial score (nSPS) is 14.7. The van der Waals surface area contributed by atoms with Crippen LogP contribution in [0.15, 0.2) is 54.6 Å². The largest absolute Gasteiger partial charge is 0.493 e. The second-order valence-corrected chi connectivity index (χ2v) is 6.73. The number of nitrogens with zero attached hydrogens (tertiary/aromatic N) is 1. The summed E-state index contributed by atoms with van der Waals surface area (Å²) in [6.45, 7) is 4.64. The number of likely N-dealkylation sites (tertiary alicyclic amines) is 1. The molecule has 0 atom stereocenters. The van der Waals surface area contributed by atoms with Gasteiger partial charge in [-0.2, -0.15) is 0 Å². The van der Waals surface area contributed by atoms with Crippen molar-refractivity contribution in [3.05, 3.63) is 65.7 Å². The van der Waals surface area contributed by atoms with E-state index in [0.717, 1.165) is 25.2 Å². The number of halogens is 1. The Bertz CT molecular complexity index is 596. The van der Waals surface area contributed by atoms with E-state index in [1.54, 1.807) is 0 Å². The molecule has 3 heteroatoms. The smallest absolute Gasteiger partial charge is 0.122 e. The molecule has 2 aromatic carbocycles. The summed E-state index contributed by atoms with van der Waals surface area (Å²) in [4.78, 5) is 2.60. The van der Waals surface area contributed by atoms with Crippen LogP contribution in [-0.4, -0.2) is 31.1 Å². The SMILES string of the molecule is Cl.c1ccc(Cc2ccccc2OCCCCN2CCCCC2)cc1. The molecule has 1 aliphatic heterocycles. The first-order chi connectivity index (χ1) is 11.9. The Morgan fingerprint density at radius 2 is 1.52 bits per heavy atom. The molecule has 1 heterocycles. The third kappa shape index (κ3) is 6.72. The number of piperidine rings is 1. The van der Waals surface area contributed by atoms with Gasteiger partial charge in [-0.25, -0.2) is 0 Å². The topological polar surface area (TPSA) is 12.5 Å². The molecule has 0 N–H and O–H groups in total. The van der Waals surface area contributed by atoms with Crippen molar-refractivity contribution in [3.63, 3.8) is 0 Å². The summed E-state index contributed by atoms with van der Waals surface area (Å²) in [6, 6.07) is 19.1. The predicted molar refractivity (Wildman–Crippen MR) is 108 cm³/mol. The van der Waals surface area contributed by atoms with Crippen LogP contribution in [0.25, 0.3) is 0 Å². The van der Waals surface area contributed by atoms with Crippen molar-refractivity contribution in [2.24, 2.45) is 0 Å². The minimum atomic E-state index is 0. The first-order valence-corrected chi connectivity index (χ1v) is 9.39. The number of ether oxygens (including phenoxy) is 1. The lowest BCUT2D eigenvalue weighted by molar-refractivity contribution is 0.215. The molecule has 0 radical (unpaired) electrons. The lowest BCUT2D eigenvalue weighted by Gasteiger charge is -2.26. The second-order valence-electron chi connectivity index (χ2n) is 6.73. The minimum absolute atomic E-state index is 0. The van der Waals surface area contributed by atoms with E-state index in [0.29, 0.717) is 0 Å². The summed E-state index contributed by atoms with van der Waals surface area (Å²) < 4.78 is 6.08. The molecule has 136 valence electrons. The van der Waals surface area contributed by atoms with Crippen molar-refractivity contribution in [2.45, 2.75) is 38.5 Å². The summed E-state index contributed by atoms with van der Waals surface area (Å²) in [6.07, 6.45) is 7.48. The van der Waals surface area contributed by atoms with E-state index in [1.165, 1.54) is 56.4 Å². The van der Waals surface area contributed by atoms with Gasteiger partial charge >= 0.3 is 0 Å². The zero-order chi connectivity index (χ0) is 16.5. The maximum absolute atomic E-state index is 6.08. The Hall–Kier alpha value is -1.51. The zero-order valence-corrected chi connectivity index (χ0v) is 15.8. The highest BCUT2D eigenvalue weighted by molar-refractivity contribution is 5.85. The molecule has 1 fully saturated rings. The Balaban J connectivity index is 0.00000225.